The van der Waals surface area contributed by atoms with Crippen molar-refractivity contribution in [3.05, 3.63) is 87.2 Å². The number of hydrogen-bond donors (Lipinski definition) is 3. The molecule has 2 atom stereocenters. The van der Waals surface area contributed by atoms with Gasteiger partial charge in [-0.2, -0.15) is 13.2 Å². The Bertz CT molecular complexity index is 1580. The maximum absolute atomic E-state index is 14.7. The smallest absolute Gasteiger partial charge is 0.326 e. The Morgan fingerprint density at radius 3 is 2.10 bits per heavy atom. The predicted molar refractivity (Wildman–Crippen MR) is 141 cm³/mol. The van der Waals surface area contributed by atoms with Crippen LogP contribution in [0.15, 0.2) is 48.5 Å². The number of amides is 3. The Morgan fingerprint density at radius 2 is 1.46 bits per heavy atom. The van der Waals surface area contributed by atoms with Crippen LogP contribution in [0.1, 0.15) is 21.8 Å². The maximum Gasteiger partial charge on any atom is 0.471 e. The Kier molecular flexibility index (Phi) is 8.43. The molecule has 3 N–H and O–H groups in total. The van der Waals surface area contributed by atoms with Gasteiger partial charge in [-0.15, -0.1) is 23.2 Å². The van der Waals surface area contributed by atoms with E-state index in [0.29, 0.717) is 17.7 Å². The number of benzene rings is 3. The fourth-order valence-corrected chi connectivity index (χ4v) is 5.04. The van der Waals surface area contributed by atoms with Crippen LogP contribution >= 0.6 is 46.4 Å². The molecule has 0 bridgehead atoms. The number of hydrogen-bond acceptors (Lipinski definition) is 3. The first-order chi connectivity index (χ1) is 19.0. The van der Waals surface area contributed by atoms with Crippen LogP contribution in [0, 0.1) is 23.4 Å². The number of carbonyl (C=O) groups excluding carboxylic acids is 3. The molecule has 1 aliphatic rings. The van der Waals surface area contributed by atoms with Gasteiger partial charge in [0.25, 0.3) is 5.91 Å². The summed E-state index contributed by atoms with van der Waals surface area (Å²) in [5.41, 5.74) is -2.66. The number of alkyl halides is 5. The summed E-state index contributed by atoms with van der Waals surface area (Å²) in [6, 6.07) is 8.49. The first-order valence-electron chi connectivity index (χ1n) is 11.1. The van der Waals surface area contributed by atoms with Gasteiger partial charge in [-0.3, -0.25) is 14.4 Å². The Hall–Kier alpha value is -3.19. The molecule has 0 radical (unpaired) electrons. The quantitative estimate of drug-likeness (QED) is 0.188. The van der Waals surface area contributed by atoms with Gasteiger partial charge < -0.3 is 16.0 Å². The largest absolute Gasteiger partial charge is 0.471 e. The molecule has 0 heterocycles. The molecule has 16 heteroatoms. The zero-order chi connectivity index (χ0) is 30.4. The average Bonchev–Trinajstić information content (AvgIpc) is 3.47. The lowest BCUT2D eigenvalue weighted by atomic mass is 10.1. The summed E-state index contributed by atoms with van der Waals surface area (Å²) in [7, 11) is 0. The van der Waals surface area contributed by atoms with Crippen molar-refractivity contribution in [1.29, 1.82) is 0 Å². The minimum Gasteiger partial charge on any atom is -0.326 e. The van der Waals surface area contributed by atoms with Crippen molar-refractivity contribution in [3.8, 4) is 0 Å². The molecular formula is C25H13Cl4F6N3O3. The summed E-state index contributed by atoms with van der Waals surface area (Å²) in [4.78, 5) is 36.7. The number of rotatable bonds is 6. The topological polar surface area (TPSA) is 87.3 Å². The highest BCUT2D eigenvalue weighted by Gasteiger charge is 2.67. The van der Waals surface area contributed by atoms with Gasteiger partial charge in [0.1, 0.15) is 21.7 Å². The van der Waals surface area contributed by atoms with E-state index < -0.39 is 74.5 Å². The molecule has 0 spiro atoms. The standard InChI is InChI=1S/C25H13Cl4F6N3O3/c26-12-3-1-9(7-13(12)27)17-18(24(17,28)29)22(40)36-10-2-4-14(30)11(8-10)21(39)37-16-6-5-15(31)20(19(16)32)38-23(41)25(33,34)35/h1-8,17-18H,(H,36,40)(H,37,39)(H,38,41)/t17-,18+/m0/s1. The van der Waals surface area contributed by atoms with Crippen LogP contribution in [0.2, 0.25) is 10.0 Å². The van der Waals surface area contributed by atoms with Crippen molar-refractivity contribution >= 4 is 81.2 Å². The van der Waals surface area contributed by atoms with Crippen molar-refractivity contribution in [2.45, 2.75) is 16.4 Å². The maximum atomic E-state index is 14.7. The molecule has 3 aromatic carbocycles. The summed E-state index contributed by atoms with van der Waals surface area (Å²) in [6.07, 6.45) is -5.46. The van der Waals surface area contributed by atoms with E-state index in [0.717, 1.165) is 23.5 Å². The van der Waals surface area contributed by atoms with Crippen molar-refractivity contribution in [1.82, 2.24) is 0 Å². The van der Waals surface area contributed by atoms with Gasteiger partial charge in [0.05, 0.1) is 27.2 Å². The van der Waals surface area contributed by atoms with Crippen molar-refractivity contribution in [3.63, 3.8) is 0 Å². The summed E-state index contributed by atoms with van der Waals surface area (Å²) in [5, 5.41) is 5.84. The van der Waals surface area contributed by atoms with E-state index in [9.17, 15) is 40.7 Å². The molecule has 0 aliphatic heterocycles. The zero-order valence-electron chi connectivity index (χ0n) is 19.8. The molecule has 0 saturated heterocycles. The molecule has 3 amide bonds. The van der Waals surface area contributed by atoms with E-state index in [4.69, 9.17) is 46.4 Å². The van der Waals surface area contributed by atoms with Gasteiger partial charge in [-0.25, -0.2) is 13.2 Å². The van der Waals surface area contributed by atoms with Gasteiger partial charge in [0.2, 0.25) is 5.91 Å². The molecule has 0 aromatic heterocycles. The normalized spacial score (nSPS) is 17.5. The summed E-state index contributed by atoms with van der Waals surface area (Å²) in [5.74, 6) is -10.8. The van der Waals surface area contributed by atoms with E-state index in [1.165, 1.54) is 12.1 Å². The van der Waals surface area contributed by atoms with Gasteiger partial charge in [0, 0.05) is 11.6 Å². The second-order valence-electron chi connectivity index (χ2n) is 8.68. The SMILES string of the molecule is O=C(Nc1ccc(F)c(NC(=O)C(F)(F)F)c1F)c1cc(NC(=O)[C@H]2[C@H](c3ccc(Cl)c(Cl)c3)C2(Cl)Cl)ccc1F. The van der Waals surface area contributed by atoms with Crippen LogP contribution in [0.5, 0.6) is 0 Å². The molecular weight excluding hydrogens is 646 g/mol. The third-order valence-electron chi connectivity index (χ3n) is 5.95. The van der Waals surface area contributed by atoms with E-state index in [-0.39, 0.29) is 15.7 Å². The highest BCUT2D eigenvalue weighted by Crippen LogP contribution is 2.65. The van der Waals surface area contributed by atoms with Crippen LogP contribution < -0.4 is 16.0 Å². The number of anilines is 3. The van der Waals surface area contributed by atoms with Gasteiger partial charge in [-0.1, -0.05) is 29.3 Å². The van der Waals surface area contributed by atoms with Gasteiger partial charge in [0.15, 0.2) is 5.82 Å². The Balaban J connectivity index is 1.52. The summed E-state index contributed by atoms with van der Waals surface area (Å²) in [6.45, 7) is 0. The average molecular weight is 659 g/mol. The predicted octanol–water partition coefficient (Wildman–Crippen LogP) is 7.69. The molecule has 1 aliphatic carbocycles. The lowest BCUT2D eigenvalue weighted by molar-refractivity contribution is -0.167. The second-order valence-corrected chi connectivity index (χ2v) is 10.9. The van der Waals surface area contributed by atoms with Gasteiger partial charge in [-0.05, 0) is 48.0 Å². The number of halogens is 10. The lowest BCUT2D eigenvalue weighted by Gasteiger charge is -2.14. The molecule has 41 heavy (non-hydrogen) atoms. The van der Waals surface area contributed by atoms with E-state index in [1.807, 2.05) is 5.32 Å². The Labute approximate surface area is 246 Å². The van der Waals surface area contributed by atoms with E-state index in [2.05, 4.69) is 5.32 Å². The minimum absolute atomic E-state index is 0.0943. The lowest BCUT2D eigenvalue weighted by Crippen LogP contribution is -2.31. The first kappa shape index (κ1) is 30.8. The fourth-order valence-electron chi connectivity index (χ4n) is 3.91. The zero-order valence-corrected chi connectivity index (χ0v) is 22.8. The molecule has 1 fully saturated rings. The molecule has 1 saturated carbocycles. The van der Waals surface area contributed by atoms with Crippen LogP contribution in [-0.2, 0) is 9.59 Å². The first-order valence-corrected chi connectivity index (χ1v) is 12.6. The van der Waals surface area contributed by atoms with Crippen molar-refractivity contribution < 1.29 is 40.7 Å². The third-order valence-corrected chi connectivity index (χ3v) is 7.63. The van der Waals surface area contributed by atoms with E-state index in [1.54, 1.807) is 6.07 Å². The molecule has 3 aromatic rings. The van der Waals surface area contributed by atoms with Gasteiger partial charge >= 0.3 is 12.1 Å². The summed E-state index contributed by atoms with van der Waals surface area (Å²) >= 11 is 24.5. The fraction of sp³-hybridized carbons (Fsp3) is 0.160. The van der Waals surface area contributed by atoms with Crippen LogP contribution in [0.25, 0.3) is 0 Å². The third kappa shape index (κ3) is 6.35. The monoisotopic (exact) mass is 657 g/mol. The summed E-state index contributed by atoms with van der Waals surface area (Å²) < 4.78 is 79.1. The van der Waals surface area contributed by atoms with Crippen molar-refractivity contribution in [2.75, 3.05) is 16.0 Å². The molecule has 0 unspecified atom stereocenters. The van der Waals surface area contributed by atoms with Crippen LogP contribution in [0.3, 0.4) is 0 Å². The molecule has 6 nitrogen and oxygen atoms in total. The van der Waals surface area contributed by atoms with Crippen molar-refractivity contribution in [2.24, 2.45) is 5.92 Å². The minimum atomic E-state index is -5.46. The number of nitrogens with one attached hydrogen (secondary N) is 3. The Morgan fingerprint density at radius 1 is 0.805 bits per heavy atom. The molecule has 4 rings (SSSR count). The highest BCUT2D eigenvalue weighted by molar-refractivity contribution is 6.53. The highest BCUT2D eigenvalue weighted by atomic mass is 35.5. The van der Waals surface area contributed by atoms with E-state index >= 15 is 0 Å². The van der Waals surface area contributed by atoms with Crippen LogP contribution in [0.4, 0.5) is 43.4 Å². The van der Waals surface area contributed by atoms with Crippen LogP contribution in [-0.4, -0.2) is 28.2 Å². The second kappa shape index (κ2) is 11.2. The number of carbonyl (C=O) groups is 3. The molecule has 216 valence electrons.